The predicted molar refractivity (Wildman–Crippen MR) is 123 cm³/mol. The van der Waals surface area contributed by atoms with Crippen molar-refractivity contribution in [1.82, 2.24) is 14.0 Å². The Labute approximate surface area is 221 Å². The van der Waals surface area contributed by atoms with E-state index < -0.39 is 15.5 Å². The van der Waals surface area contributed by atoms with Gasteiger partial charge in [-0.25, -0.2) is 13.1 Å². The molecule has 7 nitrogen and oxygen atoms in total. The minimum atomic E-state index is -5.22. The van der Waals surface area contributed by atoms with Crippen LogP contribution in [0, 0.1) is 0 Å². The summed E-state index contributed by atoms with van der Waals surface area (Å²) in [5.74, 6) is -0.362. The molecule has 0 aliphatic carbocycles. The molecule has 14 heteroatoms. The number of nitrogens with one attached hydrogen (secondary N) is 2. The van der Waals surface area contributed by atoms with Crippen LogP contribution in [0.15, 0.2) is 54.6 Å². The first-order valence-corrected chi connectivity index (χ1v) is 12.7. The number of imide groups is 1. The second kappa shape index (κ2) is 13.1. The van der Waals surface area contributed by atoms with Crippen LogP contribution in [-0.4, -0.2) is 64.0 Å². The molecule has 1 fully saturated rings. The third-order valence-corrected chi connectivity index (χ3v) is 7.93. The number of amides is 2. The molecule has 1 atom stereocenters. The Morgan fingerprint density at radius 1 is 1.00 bits per heavy atom. The number of nitrogens with zero attached hydrogens (tertiary/aromatic N) is 1. The van der Waals surface area contributed by atoms with Crippen molar-refractivity contribution < 1.29 is 49.7 Å². The quantitative estimate of drug-likeness (QED) is 0.391. The van der Waals surface area contributed by atoms with Crippen LogP contribution in [0.1, 0.15) is 33.6 Å². The number of carbonyl (C=O) groups excluding carboxylic acids is 2. The number of alkyl halides is 3. The molecule has 2 aliphatic rings. The summed E-state index contributed by atoms with van der Waals surface area (Å²) in [4.78, 5) is 24.3. The molecule has 0 unspecified atom stereocenters. The first kappa shape index (κ1) is 30.7. The molecule has 2 amide bonds. The number of halogens is 3. The van der Waals surface area contributed by atoms with E-state index in [2.05, 4.69) is 5.32 Å². The van der Waals surface area contributed by atoms with E-state index in [0.717, 1.165) is 17.4 Å². The van der Waals surface area contributed by atoms with Crippen LogP contribution in [0.5, 0.6) is 0 Å². The van der Waals surface area contributed by atoms with Crippen molar-refractivity contribution in [3.63, 3.8) is 0 Å². The molecule has 185 valence electrons. The SMILES string of the molecule is O=C1c2ccccc2C(=O)N1[Se]c1ccccc1.O=S(=O)(NC[C@@H]1CCCN1)C(F)(F)F.S.[V]. The van der Waals surface area contributed by atoms with Crippen molar-refractivity contribution in [3.05, 3.63) is 65.7 Å². The van der Waals surface area contributed by atoms with Gasteiger partial charge in [0.25, 0.3) is 0 Å². The van der Waals surface area contributed by atoms with Crippen molar-refractivity contribution >= 4 is 55.0 Å². The summed E-state index contributed by atoms with van der Waals surface area (Å²) in [6, 6.07) is 16.4. The minimum absolute atomic E-state index is 0. The number of carbonyl (C=O) groups is 2. The third-order valence-electron chi connectivity index (χ3n) is 4.68. The maximum atomic E-state index is 12.1. The summed E-state index contributed by atoms with van der Waals surface area (Å²) in [6.07, 6.45) is 1.55. The summed E-state index contributed by atoms with van der Waals surface area (Å²) < 4.78 is 60.5. The maximum absolute atomic E-state index is 12.1. The standard InChI is InChI=1S/C14H9NO2Se.C6H11F3N2O2S.H2S.V/c16-13-11-8-4-5-9-12(11)14(17)15(13)18-10-6-2-1-3-7-10;7-6(8,9)14(12,13)11-4-5-2-1-3-10-5;;/h1-9H;5,10-11H,1-4H2;1H2;/t;5-;;/m.0../s1. The smallest absolute Gasteiger partial charge is 0.313 e. The molecule has 2 aromatic carbocycles. The minimum Gasteiger partial charge on any atom is -0.313 e. The molecule has 4 rings (SSSR count). The van der Waals surface area contributed by atoms with Crippen molar-refractivity contribution in [3.8, 4) is 0 Å². The summed E-state index contributed by atoms with van der Waals surface area (Å²) in [5, 5.41) is 2.89. The van der Waals surface area contributed by atoms with Gasteiger partial charge in [0.2, 0.25) is 0 Å². The van der Waals surface area contributed by atoms with Gasteiger partial charge in [-0.3, -0.25) is 0 Å². The molecule has 0 bridgehead atoms. The van der Waals surface area contributed by atoms with Crippen LogP contribution >= 0.6 is 13.5 Å². The Morgan fingerprint density at radius 2 is 1.53 bits per heavy atom. The Balaban J connectivity index is 0.000000331. The summed E-state index contributed by atoms with van der Waals surface area (Å²) in [6.45, 7) is 0.514. The van der Waals surface area contributed by atoms with Crippen LogP contribution in [-0.2, 0) is 28.6 Å². The number of hydrogen-bond donors (Lipinski definition) is 2. The van der Waals surface area contributed by atoms with Crippen molar-refractivity contribution in [1.29, 1.82) is 0 Å². The van der Waals surface area contributed by atoms with Gasteiger partial charge < -0.3 is 5.32 Å². The molecular formula is C20H22F3N3O4S2SeV. The van der Waals surface area contributed by atoms with Crippen molar-refractivity contribution in [2.45, 2.75) is 24.4 Å². The molecule has 2 N–H and O–H groups in total. The van der Waals surface area contributed by atoms with Gasteiger partial charge in [-0.2, -0.15) is 26.7 Å². The molecule has 2 aromatic rings. The molecule has 34 heavy (non-hydrogen) atoms. The number of rotatable bonds is 5. The topological polar surface area (TPSA) is 95.6 Å². The van der Waals surface area contributed by atoms with E-state index in [9.17, 15) is 31.2 Å². The average Bonchev–Trinajstić information content (AvgIpc) is 3.36. The Hall–Kier alpha value is -1.31. The molecule has 2 aliphatic heterocycles. The van der Waals surface area contributed by atoms with Gasteiger partial charge in [0.05, 0.1) is 0 Å². The van der Waals surface area contributed by atoms with Gasteiger partial charge in [0.15, 0.2) is 0 Å². The number of sulfonamides is 1. The number of benzene rings is 2. The van der Waals surface area contributed by atoms with Gasteiger partial charge in [-0.05, 0) is 19.4 Å². The second-order valence-electron chi connectivity index (χ2n) is 6.95. The summed E-state index contributed by atoms with van der Waals surface area (Å²) in [5.41, 5.74) is -4.19. The zero-order valence-corrected chi connectivity index (χ0v) is 22.5. The fourth-order valence-corrected chi connectivity index (χ4v) is 5.43. The fourth-order valence-electron chi connectivity index (χ4n) is 3.06. The van der Waals surface area contributed by atoms with Crippen LogP contribution in [0.3, 0.4) is 0 Å². The predicted octanol–water partition coefficient (Wildman–Crippen LogP) is 1.52. The van der Waals surface area contributed by atoms with Gasteiger partial charge in [0, 0.05) is 31.1 Å². The van der Waals surface area contributed by atoms with E-state index in [4.69, 9.17) is 0 Å². The van der Waals surface area contributed by atoms with Crippen LogP contribution in [0.4, 0.5) is 13.2 Å². The fraction of sp³-hybridized carbons (Fsp3) is 0.300. The molecular weight excluding hydrogens is 597 g/mol. The summed E-state index contributed by atoms with van der Waals surface area (Å²) >= 11 is -0.297. The Kier molecular flexibility index (Phi) is 11.9. The van der Waals surface area contributed by atoms with Crippen molar-refractivity contribution in [2.75, 3.05) is 13.1 Å². The van der Waals surface area contributed by atoms with E-state index in [-0.39, 0.29) is 71.6 Å². The number of fused-ring (bicyclic) bond motifs is 1. The molecule has 0 saturated carbocycles. The zero-order valence-electron chi connectivity index (χ0n) is 17.6. The van der Waals surface area contributed by atoms with E-state index in [0.29, 0.717) is 17.5 Å². The van der Waals surface area contributed by atoms with E-state index >= 15 is 0 Å². The van der Waals surface area contributed by atoms with Crippen LogP contribution < -0.4 is 14.5 Å². The molecule has 2 heterocycles. The van der Waals surface area contributed by atoms with E-state index in [1.807, 2.05) is 30.3 Å². The number of hydrogen-bond acceptors (Lipinski definition) is 5. The normalized spacial score (nSPS) is 17.3. The third kappa shape index (κ3) is 7.59. The molecule has 1 saturated heterocycles. The second-order valence-corrected chi connectivity index (χ2v) is 10.8. The van der Waals surface area contributed by atoms with E-state index in [1.165, 1.54) is 8.64 Å². The molecule has 0 aromatic heterocycles. The van der Waals surface area contributed by atoms with Gasteiger partial charge in [-0.15, -0.1) is 0 Å². The zero-order chi connectivity index (χ0) is 23.4. The maximum Gasteiger partial charge on any atom is 0.511 e. The van der Waals surface area contributed by atoms with Gasteiger partial charge in [-0.1, -0.05) is 0 Å². The Bertz CT molecular complexity index is 1050. The molecule has 0 spiro atoms. The average molecular weight is 619 g/mol. The van der Waals surface area contributed by atoms with Gasteiger partial charge >= 0.3 is 126 Å². The largest absolute Gasteiger partial charge is 0.511 e. The van der Waals surface area contributed by atoms with Crippen LogP contribution in [0.2, 0.25) is 0 Å². The van der Waals surface area contributed by atoms with Crippen LogP contribution in [0.25, 0.3) is 0 Å². The van der Waals surface area contributed by atoms with Gasteiger partial charge in [0.1, 0.15) is 0 Å². The van der Waals surface area contributed by atoms with E-state index in [1.54, 1.807) is 24.3 Å². The van der Waals surface area contributed by atoms with Crippen molar-refractivity contribution in [2.24, 2.45) is 0 Å². The monoisotopic (exact) mass is 620 g/mol. The first-order valence-electron chi connectivity index (χ1n) is 9.60. The molecule has 1 radical (unpaired) electrons. The summed E-state index contributed by atoms with van der Waals surface area (Å²) in [7, 11) is -5.18. The Morgan fingerprint density at radius 3 is 2.00 bits per heavy atom. The first-order chi connectivity index (χ1) is 15.1.